The highest BCUT2D eigenvalue weighted by Crippen LogP contribution is 2.38. The fraction of sp³-hybridized carbons (Fsp3) is 0.455. The van der Waals surface area contributed by atoms with Crippen molar-refractivity contribution in [2.45, 2.75) is 12.8 Å². The second kappa shape index (κ2) is 4.89. The fourth-order valence-electron chi connectivity index (χ4n) is 1.47. The maximum Gasteiger partial charge on any atom is 0.164 e. The molecule has 1 aromatic carbocycles. The van der Waals surface area contributed by atoms with Crippen LogP contribution in [0.5, 0.6) is 17.2 Å². The third-order valence-electron chi connectivity index (χ3n) is 2.38. The van der Waals surface area contributed by atoms with Crippen LogP contribution in [0, 0.1) is 0 Å². The van der Waals surface area contributed by atoms with E-state index in [1.165, 1.54) is 13.2 Å². The average Bonchev–Trinajstić information content (AvgIpc) is 2.26. The van der Waals surface area contributed by atoms with Crippen LogP contribution in [-0.2, 0) is 0 Å². The molecule has 0 aliphatic heterocycles. The lowest BCUT2D eigenvalue weighted by Crippen LogP contribution is -2.10. The summed E-state index contributed by atoms with van der Waals surface area (Å²) >= 11 is 0. The number of benzene rings is 1. The summed E-state index contributed by atoms with van der Waals surface area (Å²) in [6, 6.07) is 3.17. The maximum absolute atomic E-state index is 9.51. The molecule has 0 amide bonds. The van der Waals surface area contributed by atoms with Crippen LogP contribution in [0.4, 0.5) is 0 Å². The van der Waals surface area contributed by atoms with Crippen LogP contribution in [0.1, 0.15) is 18.4 Å². The first-order valence-corrected chi connectivity index (χ1v) is 4.79. The first-order chi connectivity index (χ1) is 7.13. The number of aromatic hydroxyl groups is 1. The van der Waals surface area contributed by atoms with Crippen LogP contribution in [0.15, 0.2) is 12.1 Å². The predicted octanol–water partition coefficient (Wildman–Crippen LogP) is 1.47. The topological polar surface area (TPSA) is 64.7 Å². The van der Waals surface area contributed by atoms with Gasteiger partial charge in [-0.3, -0.25) is 0 Å². The number of ether oxygens (including phenoxy) is 2. The Morgan fingerprint density at radius 1 is 1.33 bits per heavy atom. The largest absolute Gasteiger partial charge is 0.508 e. The number of nitrogens with two attached hydrogens (primary N) is 1. The number of rotatable bonds is 4. The van der Waals surface area contributed by atoms with Gasteiger partial charge < -0.3 is 20.3 Å². The monoisotopic (exact) mass is 211 g/mol. The number of hydrogen-bond donors (Lipinski definition) is 2. The molecule has 0 bridgehead atoms. The Kier molecular flexibility index (Phi) is 3.80. The second-order valence-electron chi connectivity index (χ2n) is 3.41. The zero-order valence-electron chi connectivity index (χ0n) is 9.28. The molecule has 1 atom stereocenters. The molecular formula is C11H17NO3. The van der Waals surface area contributed by atoms with Gasteiger partial charge >= 0.3 is 0 Å². The summed E-state index contributed by atoms with van der Waals surface area (Å²) in [5.74, 6) is 1.42. The molecule has 1 rings (SSSR count). The van der Waals surface area contributed by atoms with Crippen molar-refractivity contribution in [3.8, 4) is 17.2 Å². The Morgan fingerprint density at radius 2 is 2.00 bits per heavy atom. The van der Waals surface area contributed by atoms with Gasteiger partial charge in [0.25, 0.3) is 0 Å². The van der Waals surface area contributed by atoms with Gasteiger partial charge in [0.05, 0.1) is 14.2 Å². The van der Waals surface area contributed by atoms with Crippen LogP contribution in [0.25, 0.3) is 0 Å². The van der Waals surface area contributed by atoms with Crippen molar-refractivity contribution in [3.05, 3.63) is 17.7 Å². The second-order valence-corrected chi connectivity index (χ2v) is 3.41. The van der Waals surface area contributed by atoms with Gasteiger partial charge in [0.2, 0.25) is 0 Å². The summed E-state index contributed by atoms with van der Waals surface area (Å²) in [6.07, 6.45) is 0. The van der Waals surface area contributed by atoms with Crippen molar-refractivity contribution in [1.29, 1.82) is 0 Å². The summed E-state index contributed by atoms with van der Waals surface area (Å²) < 4.78 is 10.4. The minimum atomic E-state index is 0.112. The molecular weight excluding hydrogens is 194 g/mol. The highest BCUT2D eigenvalue weighted by Gasteiger charge is 2.16. The van der Waals surface area contributed by atoms with Crippen molar-refractivity contribution in [2.24, 2.45) is 5.73 Å². The molecule has 0 spiro atoms. The molecule has 1 aromatic rings. The van der Waals surface area contributed by atoms with Gasteiger partial charge in [-0.15, -0.1) is 0 Å². The van der Waals surface area contributed by atoms with E-state index in [0.717, 1.165) is 5.56 Å². The minimum absolute atomic E-state index is 0.112. The molecule has 0 saturated heterocycles. The molecule has 84 valence electrons. The van der Waals surface area contributed by atoms with E-state index in [1.807, 2.05) is 6.92 Å². The van der Waals surface area contributed by atoms with Gasteiger partial charge in [-0.25, -0.2) is 0 Å². The van der Waals surface area contributed by atoms with Crippen LogP contribution in [0.3, 0.4) is 0 Å². The van der Waals surface area contributed by atoms with Gasteiger partial charge in [0.1, 0.15) is 5.75 Å². The van der Waals surface area contributed by atoms with Gasteiger partial charge in [0, 0.05) is 11.6 Å². The Balaban J connectivity index is 3.28. The van der Waals surface area contributed by atoms with Crippen molar-refractivity contribution >= 4 is 0 Å². The highest BCUT2D eigenvalue weighted by atomic mass is 16.5. The summed E-state index contributed by atoms with van der Waals surface area (Å²) in [7, 11) is 3.11. The molecule has 4 heteroatoms. The van der Waals surface area contributed by atoms with Gasteiger partial charge in [0.15, 0.2) is 11.5 Å². The van der Waals surface area contributed by atoms with E-state index in [2.05, 4.69) is 0 Å². The van der Waals surface area contributed by atoms with E-state index in [1.54, 1.807) is 13.2 Å². The van der Waals surface area contributed by atoms with E-state index in [0.29, 0.717) is 18.0 Å². The molecule has 0 aliphatic rings. The normalized spacial score (nSPS) is 12.3. The molecule has 0 aromatic heterocycles. The lowest BCUT2D eigenvalue weighted by Gasteiger charge is -2.17. The number of phenols is 1. The Bertz CT molecular complexity index is 339. The molecule has 0 aliphatic carbocycles. The Labute approximate surface area is 89.6 Å². The maximum atomic E-state index is 9.51. The third kappa shape index (κ3) is 2.33. The number of phenolic OH excluding ortho intramolecular Hbond substituents is 1. The molecule has 3 N–H and O–H groups in total. The van der Waals surface area contributed by atoms with Gasteiger partial charge in [-0.05, 0) is 18.5 Å². The van der Waals surface area contributed by atoms with Gasteiger partial charge in [-0.2, -0.15) is 0 Å². The standard InChI is InChI=1S/C11H17NO3/c1-7(6-12)9-4-8(13)5-10(14-2)11(9)15-3/h4-5,7,13H,6,12H2,1-3H3. The molecule has 1 unspecified atom stereocenters. The highest BCUT2D eigenvalue weighted by molar-refractivity contribution is 5.52. The first kappa shape index (κ1) is 11.7. The first-order valence-electron chi connectivity index (χ1n) is 4.79. The third-order valence-corrected chi connectivity index (χ3v) is 2.38. The molecule has 15 heavy (non-hydrogen) atoms. The fourth-order valence-corrected chi connectivity index (χ4v) is 1.47. The summed E-state index contributed by atoms with van der Waals surface area (Å²) in [4.78, 5) is 0. The summed E-state index contributed by atoms with van der Waals surface area (Å²) in [5.41, 5.74) is 6.45. The van der Waals surface area contributed by atoms with E-state index in [9.17, 15) is 5.11 Å². The molecule has 0 fully saturated rings. The molecule has 0 saturated carbocycles. The zero-order valence-corrected chi connectivity index (χ0v) is 9.28. The molecule has 0 radical (unpaired) electrons. The van der Waals surface area contributed by atoms with Crippen LogP contribution in [0.2, 0.25) is 0 Å². The van der Waals surface area contributed by atoms with Crippen molar-refractivity contribution in [3.63, 3.8) is 0 Å². The average molecular weight is 211 g/mol. The predicted molar refractivity (Wildman–Crippen MR) is 58.7 cm³/mol. The van der Waals surface area contributed by atoms with Gasteiger partial charge in [-0.1, -0.05) is 6.92 Å². The van der Waals surface area contributed by atoms with Crippen molar-refractivity contribution < 1.29 is 14.6 Å². The lowest BCUT2D eigenvalue weighted by atomic mass is 9.99. The SMILES string of the molecule is COc1cc(O)cc(C(C)CN)c1OC. The van der Waals surface area contributed by atoms with E-state index in [4.69, 9.17) is 15.2 Å². The minimum Gasteiger partial charge on any atom is -0.508 e. The van der Waals surface area contributed by atoms with Crippen LogP contribution < -0.4 is 15.2 Å². The van der Waals surface area contributed by atoms with Crippen molar-refractivity contribution in [1.82, 2.24) is 0 Å². The van der Waals surface area contributed by atoms with E-state index < -0.39 is 0 Å². The summed E-state index contributed by atoms with van der Waals surface area (Å²) in [5, 5.41) is 9.51. The van der Waals surface area contributed by atoms with E-state index in [-0.39, 0.29) is 11.7 Å². The Hall–Kier alpha value is -1.42. The molecule has 0 heterocycles. The van der Waals surface area contributed by atoms with Crippen LogP contribution >= 0.6 is 0 Å². The number of methoxy groups -OCH3 is 2. The summed E-state index contributed by atoms with van der Waals surface area (Å²) in [6.45, 7) is 2.46. The number of hydrogen-bond acceptors (Lipinski definition) is 4. The lowest BCUT2D eigenvalue weighted by molar-refractivity contribution is 0.346. The molecule has 4 nitrogen and oxygen atoms in total. The zero-order chi connectivity index (χ0) is 11.4. The van der Waals surface area contributed by atoms with Crippen molar-refractivity contribution in [2.75, 3.05) is 20.8 Å². The Morgan fingerprint density at radius 3 is 2.47 bits per heavy atom. The van der Waals surface area contributed by atoms with Crippen LogP contribution in [-0.4, -0.2) is 25.9 Å². The quantitative estimate of drug-likeness (QED) is 0.791. The van der Waals surface area contributed by atoms with E-state index >= 15 is 0 Å². The smallest absolute Gasteiger partial charge is 0.164 e.